The molecule has 2 amide bonds. The second kappa shape index (κ2) is 8.48. The normalized spacial score (nSPS) is 22.6. The largest absolute Gasteiger partial charge is 0.487 e. The molecule has 0 saturated carbocycles. The van der Waals surface area contributed by atoms with Crippen LogP contribution in [-0.2, 0) is 16.0 Å². The number of benzene rings is 2. The van der Waals surface area contributed by atoms with Crippen molar-refractivity contribution in [3.63, 3.8) is 0 Å². The SMILES string of the molecule is CC(NC(=O)C(=O)N(CCO)C1CCc2ccccc21)C1Oc2ccccc2C1C. The van der Waals surface area contributed by atoms with Crippen molar-refractivity contribution in [2.24, 2.45) is 0 Å². The highest BCUT2D eigenvalue weighted by Gasteiger charge is 2.38. The van der Waals surface area contributed by atoms with Gasteiger partial charge in [0.2, 0.25) is 0 Å². The molecule has 6 heteroatoms. The van der Waals surface area contributed by atoms with Crippen molar-refractivity contribution in [2.75, 3.05) is 13.2 Å². The molecule has 0 aromatic heterocycles. The first kappa shape index (κ1) is 20.4. The first-order chi connectivity index (χ1) is 14.5. The average molecular weight is 408 g/mol. The summed E-state index contributed by atoms with van der Waals surface area (Å²) in [4.78, 5) is 27.4. The lowest BCUT2D eigenvalue weighted by Gasteiger charge is -2.30. The van der Waals surface area contributed by atoms with Crippen LogP contribution in [0.1, 0.15) is 48.9 Å². The number of nitrogens with one attached hydrogen (secondary N) is 1. The second-order valence-electron chi connectivity index (χ2n) is 8.15. The fourth-order valence-electron chi connectivity index (χ4n) is 4.77. The Balaban J connectivity index is 1.45. The van der Waals surface area contributed by atoms with E-state index in [1.54, 1.807) is 0 Å². The quantitative estimate of drug-likeness (QED) is 0.746. The Kier molecular flexibility index (Phi) is 5.77. The zero-order chi connectivity index (χ0) is 21.3. The number of amides is 2. The van der Waals surface area contributed by atoms with Gasteiger partial charge in [-0.25, -0.2) is 0 Å². The van der Waals surface area contributed by atoms with Gasteiger partial charge in [-0.15, -0.1) is 0 Å². The Morgan fingerprint density at radius 3 is 2.60 bits per heavy atom. The third kappa shape index (κ3) is 3.67. The standard InChI is InChI=1S/C24H28N2O4/c1-15-18-8-5-6-10-21(18)30-22(15)16(2)25-23(28)24(29)26(13-14-27)20-12-11-17-7-3-4-9-19(17)20/h3-10,15-16,20,22,27H,11-14H2,1-2H3,(H,25,28). The van der Waals surface area contributed by atoms with Crippen molar-refractivity contribution in [2.45, 2.75) is 50.8 Å². The van der Waals surface area contributed by atoms with Crippen LogP contribution in [0.4, 0.5) is 0 Å². The van der Waals surface area contributed by atoms with E-state index in [9.17, 15) is 14.7 Å². The number of rotatable bonds is 5. The molecule has 2 N–H and O–H groups in total. The number of para-hydroxylation sites is 1. The molecular weight excluding hydrogens is 380 g/mol. The van der Waals surface area contributed by atoms with Gasteiger partial charge in [-0.3, -0.25) is 9.59 Å². The van der Waals surface area contributed by atoms with Crippen molar-refractivity contribution >= 4 is 11.8 Å². The summed E-state index contributed by atoms with van der Waals surface area (Å²) in [5, 5.41) is 12.4. The van der Waals surface area contributed by atoms with Crippen molar-refractivity contribution in [1.29, 1.82) is 0 Å². The van der Waals surface area contributed by atoms with Gasteiger partial charge in [0.05, 0.1) is 18.7 Å². The van der Waals surface area contributed by atoms with Gasteiger partial charge in [0, 0.05) is 18.0 Å². The molecule has 2 aliphatic rings. The zero-order valence-electron chi connectivity index (χ0n) is 17.4. The molecule has 0 saturated heterocycles. The maximum absolute atomic E-state index is 13.0. The summed E-state index contributed by atoms with van der Waals surface area (Å²) in [5.74, 6) is -0.332. The highest BCUT2D eigenvalue weighted by Crippen LogP contribution is 2.39. The molecule has 6 nitrogen and oxygen atoms in total. The van der Waals surface area contributed by atoms with E-state index in [4.69, 9.17) is 4.74 Å². The molecule has 0 fully saturated rings. The molecule has 4 atom stereocenters. The van der Waals surface area contributed by atoms with E-state index in [1.165, 1.54) is 10.5 Å². The molecule has 1 aliphatic heterocycles. The average Bonchev–Trinajstić information content (AvgIpc) is 3.33. The van der Waals surface area contributed by atoms with E-state index < -0.39 is 11.8 Å². The predicted molar refractivity (Wildman–Crippen MR) is 113 cm³/mol. The highest BCUT2D eigenvalue weighted by molar-refractivity contribution is 6.35. The number of aryl methyl sites for hydroxylation is 1. The summed E-state index contributed by atoms with van der Waals surface area (Å²) in [6.45, 7) is 3.86. The van der Waals surface area contributed by atoms with Crippen molar-refractivity contribution in [1.82, 2.24) is 10.2 Å². The summed E-state index contributed by atoms with van der Waals surface area (Å²) in [5.41, 5.74) is 3.36. The first-order valence-electron chi connectivity index (χ1n) is 10.6. The summed E-state index contributed by atoms with van der Waals surface area (Å²) >= 11 is 0. The van der Waals surface area contributed by atoms with Crippen LogP contribution in [0, 0.1) is 0 Å². The maximum Gasteiger partial charge on any atom is 0.312 e. The minimum absolute atomic E-state index is 0.113. The molecule has 1 aliphatic carbocycles. The monoisotopic (exact) mass is 408 g/mol. The van der Waals surface area contributed by atoms with Gasteiger partial charge in [-0.1, -0.05) is 49.4 Å². The van der Waals surface area contributed by atoms with Crippen LogP contribution in [0.2, 0.25) is 0 Å². The molecule has 0 spiro atoms. The van der Waals surface area contributed by atoms with E-state index in [1.807, 2.05) is 49.4 Å². The number of nitrogens with zero attached hydrogens (tertiary/aromatic N) is 1. The summed E-state index contributed by atoms with van der Waals surface area (Å²) in [6, 6.07) is 15.3. The Labute approximate surface area is 176 Å². The summed E-state index contributed by atoms with van der Waals surface area (Å²) < 4.78 is 6.04. The lowest BCUT2D eigenvalue weighted by molar-refractivity contribution is -0.148. The van der Waals surface area contributed by atoms with Gasteiger partial charge in [-0.2, -0.15) is 0 Å². The van der Waals surface area contributed by atoms with Crippen LogP contribution in [0.25, 0.3) is 0 Å². The zero-order valence-corrected chi connectivity index (χ0v) is 17.4. The summed E-state index contributed by atoms with van der Waals surface area (Å²) in [6.07, 6.45) is 1.38. The highest BCUT2D eigenvalue weighted by atomic mass is 16.5. The van der Waals surface area contributed by atoms with Crippen molar-refractivity contribution in [3.8, 4) is 5.75 Å². The third-order valence-electron chi connectivity index (χ3n) is 6.29. The number of hydrogen-bond acceptors (Lipinski definition) is 4. The van der Waals surface area contributed by atoms with Crippen LogP contribution in [0.3, 0.4) is 0 Å². The number of ether oxygens (including phenoxy) is 1. The molecule has 158 valence electrons. The van der Waals surface area contributed by atoms with Gasteiger partial charge >= 0.3 is 11.8 Å². The minimum atomic E-state index is -0.660. The van der Waals surface area contributed by atoms with E-state index in [-0.39, 0.29) is 37.3 Å². The molecule has 0 bridgehead atoms. The fourth-order valence-corrected chi connectivity index (χ4v) is 4.77. The minimum Gasteiger partial charge on any atom is -0.487 e. The van der Waals surface area contributed by atoms with Gasteiger partial charge in [0.15, 0.2) is 0 Å². The Morgan fingerprint density at radius 2 is 1.87 bits per heavy atom. The van der Waals surface area contributed by atoms with Crippen LogP contribution >= 0.6 is 0 Å². The van der Waals surface area contributed by atoms with Gasteiger partial charge in [-0.05, 0) is 37.0 Å². The van der Waals surface area contributed by atoms with Crippen LogP contribution < -0.4 is 10.1 Å². The molecule has 2 aromatic carbocycles. The maximum atomic E-state index is 13.0. The van der Waals surface area contributed by atoms with E-state index >= 15 is 0 Å². The Morgan fingerprint density at radius 1 is 1.17 bits per heavy atom. The number of carbonyl (C=O) groups excluding carboxylic acids is 2. The molecule has 2 aromatic rings. The molecule has 4 rings (SSSR count). The number of aliphatic hydroxyl groups is 1. The van der Waals surface area contributed by atoms with Crippen LogP contribution in [0.5, 0.6) is 5.75 Å². The lowest BCUT2D eigenvalue weighted by atomic mass is 9.94. The van der Waals surface area contributed by atoms with Crippen LogP contribution in [-0.4, -0.2) is 47.1 Å². The molecular formula is C24H28N2O4. The second-order valence-corrected chi connectivity index (χ2v) is 8.15. The van der Waals surface area contributed by atoms with Crippen LogP contribution in [0.15, 0.2) is 48.5 Å². The molecule has 30 heavy (non-hydrogen) atoms. The number of hydrogen-bond donors (Lipinski definition) is 2. The Bertz CT molecular complexity index is 944. The number of aliphatic hydroxyl groups excluding tert-OH is 1. The lowest BCUT2D eigenvalue weighted by Crippen LogP contribution is -2.51. The van der Waals surface area contributed by atoms with E-state index in [0.29, 0.717) is 0 Å². The predicted octanol–water partition coefficient (Wildman–Crippen LogP) is 2.56. The molecule has 4 unspecified atom stereocenters. The van der Waals surface area contributed by atoms with Gasteiger partial charge in [0.25, 0.3) is 0 Å². The molecule has 1 heterocycles. The number of fused-ring (bicyclic) bond motifs is 2. The van der Waals surface area contributed by atoms with Crippen molar-refractivity contribution in [3.05, 3.63) is 65.2 Å². The van der Waals surface area contributed by atoms with E-state index in [0.717, 1.165) is 29.7 Å². The topological polar surface area (TPSA) is 78.9 Å². The smallest absolute Gasteiger partial charge is 0.312 e. The van der Waals surface area contributed by atoms with Gasteiger partial charge in [0.1, 0.15) is 11.9 Å². The van der Waals surface area contributed by atoms with Crippen molar-refractivity contribution < 1.29 is 19.4 Å². The summed E-state index contributed by atoms with van der Waals surface area (Å²) in [7, 11) is 0. The Hall–Kier alpha value is -2.86. The molecule has 0 radical (unpaired) electrons. The van der Waals surface area contributed by atoms with E-state index in [2.05, 4.69) is 18.3 Å². The fraction of sp³-hybridized carbons (Fsp3) is 0.417. The number of carbonyl (C=O) groups is 2. The first-order valence-corrected chi connectivity index (χ1v) is 10.6. The third-order valence-corrected chi connectivity index (χ3v) is 6.29. The van der Waals surface area contributed by atoms with Gasteiger partial charge < -0.3 is 20.1 Å².